The van der Waals surface area contributed by atoms with Gasteiger partial charge in [0, 0.05) is 38.5 Å². The maximum absolute atomic E-state index is 12.9. The molecule has 9 nitrogen and oxygen atoms in total. The van der Waals surface area contributed by atoms with Crippen molar-refractivity contribution >= 4 is 37.5 Å². The van der Waals surface area contributed by atoms with E-state index in [1.807, 2.05) is 31.2 Å². The van der Waals surface area contributed by atoms with Crippen molar-refractivity contribution in [1.82, 2.24) is 8.87 Å². The molecule has 0 fully saturated rings. The van der Waals surface area contributed by atoms with Crippen LogP contribution in [-0.2, 0) is 17.1 Å². The molecule has 0 saturated carbocycles. The summed E-state index contributed by atoms with van der Waals surface area (Å²) >= 11 is 1.37. The molecule has 0 spiro atoms. The quantitative estimate of drug-likeness (QED) is 0.470. The van der Waals surface area contributed by atoms with Crippen LogP contribution >= 0.6 is 11.3 Å². The SMILES string of the molecule is COc1ccc(C)c2sc(=NC(=O)c3ccc(S(=O)(=O)N(CCC#N)CCC#N)cc3)n(C)c12. The molecule has 0 atom stereocenters. The number of thiazole rings is 1. The number of sulfonamides is 1. The molecule has 0 aliphatic carbocycles. The summed E-state index contributed by atoms with van der Waals surface area (Å²) < 4.78 is 35.2. The number of hydrogen-bond donors (Lipinski definition) is 0. The Balaban J connectivity index is 1.93. The zero-order valence-electron chi connectivity index (χ0n) is 19.0. The molecule has 2 aromatic carbocycles. The van der Waals surface area contributed by atoms with Gasteiger partial charge in [-0.1, -0.05) is 17.4 Å². The lowest BCUT2D eigenvalue weighted by atomic mass is 10.2. The first-order chi connectivity index (χ1) is 16.2. The molecule has 0 bridgehead atoms. The molecule has 1 aromatic heterocycles. The van der Waals surface area contributed by atoms with Gasteiger partial charge in [0.2, 0.25) is 10.0 Å². The lowest BCUT2D eigenvalue weighted by Gasteiger charge is -2.20. The van der Waals surface area contributed by atoms with Gasteiger partial charge in [-0.15, -0.1) is 0 Å². The predicted molar refractivity (Wildman–Crippen MR) is 128 cm³/mol. The van der Waals surface area contributed by atoms with Crippen molar-refractivity contribution in [1.29, 1.82) is 10.5 Å². The average Bonchev–Trinajstić information content (AvgIpc) is 3.16. The number of carbonyl (C=O) groups excluding carboxylic acids is 1. The molecule has 3 aromatic rings. The fourth-order valence-electron chi connectivity index (χ4n) is 3.39. The fourth-order valence-corrected chi connectivity index (χ4v) is 5.93. The first kappa shape index (κ1) is 25.1. The van der Waals surface area contributed by atoms with Crippen molar-refractivity contribution in [2.24, 2.45) is 12.0 Å². The lowest BCUT2D eigenvalue weighted by Crippen LogP contribution is -2.32. The van der Waals surface area contributed by atoms with E-state index in [4.69, 9.17) is 15.3 Å². The van der Waals surface area contributed by atoms with Crippen LogP contribution in [0.1, 0.15) is 28.8 Å². The summed E-state index contributed by atoms with van der Waals surface area (Å²) in [7, 11) is -0.521. The first-order valence-corrected chi connectivity index (χ1v) is 12.6. The van der Waals surface area contributed by atoms with Gasteiger partial charge in [0.25, 0.3) is 5.91 Å². The van der Waals surface area contributed by atoms with Crippen LogP contribution in [-0.4, -0.2) is 43.4 Å². The normalized spacial score (nSPS) is 12.0. The smallest absolute Gasteiger partial charge is 0.279 e. The van der Waals surface area contributed by atoms with Crippen molar-refractivity contribution in [3.63, 3.8) is 0 Å². The number of aryl methyl sites for hydroxylation is 2. The highest BCUT2D eigenvalue weighted by Gasteiger charge is 2.24. The second-order valence-electron chi connectivity index (χ2n) is 7.37. The summed E-state index contributed by atoms with van der Waals surface area (Å²) in [5.41, 5.74) is 2.12. The Kier molecular flexibility index (Phi) is 7.84. The first-order valence-electron chi connectivity index (χ1n) is 10.3. The lowest BCUT2D eigenvalue weighted by molar-refractivity contribution is 0.0998. The van der Waals surface area contributed by atoms with Crippen molar-refractivity contribution in [3.05, 3.63) is 52.3 Å². The highest BCUT2D eigenvalue weighted by Crippen LogP contribution is 2.29. The fraction of sp³-hybridized carbons (Fsp3) is 0.304. The van der Waals surface area contributed by atoms with Gasteiger partial charge < -0.3 is 9.30 Å². The number of rotatable bonds is 8. The van der Waals surface area contributed by atoms with Crippen molar-refractivity contribution in [3.8, 4) is 17.9 Å². The molecule has 0 aliphatic rings. The molecular formula is C23H23N5O4S2. The third-order valence-electron chi connectivity index (χ3n) is 5.21. The van der Waals surface area contributed by atoms with Crippen molar-refractivity contribution in [2.75, 3.05) is 20.2 Å². The number of hydrogen-bond acceptors (Lipinski definition) is 7. The van der Waals surface area contributed by atoms with E-state index in [2.05, 4.69) is 4.99 Å². The van der Waals surface area contributed by atoms with E-state index in [0.717, 1.165) is 20.1 Å². The Morgan fingerprint density at radius 2 is 1.74 bits per heavy atom. The van der Waals surface area contributed by atoms with Gasteiger partial charge in [0.05, 0.1) is 28.8 Å². The van der Waals surface area contributed by atoms with Crippen LogP contribution in [0.3, 0.4) is 0 Å². The minimum absolute atomic E-state index is 0.0105. The Bertz CT molecular complexity index is 1460. The van der Waals surface area contributed by atoms with Crippen LogP contribution in [0.4, 0.5) is 0 Å². The highest BCUT2D eigenvalue weighted by atomic mass is 32.2. The van der Waals surface area contributed by atoms with Crippen molar-refractivity contribution < 1.29 is 17.9 Å². The van der Waals surface area contributed by atoms with E-state index in [-0.39, 0.29) is 36.4 Å². The van der Waals surface area contributed by atoms with E-state index in [0.29, 0.717) is 10.6 Å². The standard InChI is InChI=1S/C23H23N5O4S2/c1-16-6-11-19(32-3)20-21(16)33-23(27(20)2)26-22(29)17-7-9-18(10-8-17)34(30,31)28(14-4-12-24)15-5-13-25/h6-11H,4-5,14-15H2,1-3H3. The highest BCUT2D eigenvalue weighted by molar-refractivity contribution is 7.89. The largest absolute Gasteiger partial charge is 0.495 e. The third-order valence-corrected chi connectivity index (χ3v) is 8.39. The Morgan fingerprint density at radius 3 is 2.29 bits per heavy atom. The number of amides is 1. The molecule has 1 heterocycles. The topological polar surface area (TPSA) is 129 Å². The number of fused-ring (bicyclic) bond motifs is 1. The van der Waals surface area contributed by atoms with Crippen LogP contribution < -0.4 is 9.54 Å². The van der Waals surface area contributed by atoms with Gasteiger partial charge in [-0.25, -0.2) is 8.42 Å². The molecule has 1 amide bonds. The zero-order chi connectivity index (χ0) is 24.9. The monoisotopic (exact) mass is 497 g/mol. The number of methoxy groups -OCH3 is 1. The molecular weight excluding hydrogens is 474 g/mol. The zero-order valence-corrected chi connectivity index (χ0v) is 20.6. The van der Waals surface area contributed by atoms with E-state index in [1.165, 1.54) is 35.6 Å². The molecule has 11 heteroatoms. The number of benzene rings is 2. The minimum atomic E-state index is -3.91. The minimum Gasteiger partial charge on any atom is -0.495 e. The van der Waals surface area contributed by atoms with Crippen LogP contribution in [0.15, 0.2) is 46.3 Å². The number of nitrogens with zero attached hydrogens (tertiary/aromatic N) is 5. The molecule has 34 heavy (non-hydrogen) atoms. The van der Waals surface area contributed by atoms with E-state index < -0.39 is 15.9 Å². The van der Waals surface area contributed by atoms with Crippen molar-refractivity contribution in [2.45, 2.75) is 24.7 Å². The Labute approximate surface area is 201 Å². The molecule has 0 N–H and O–H groups in total. The van der Waals surface area contributed by atoms with Gasteiger partial charge in [-0.2, -0.15) is 19.8 Å². The summed E-state index contributed by atoms with van der Waals surface area (Å²) in [6, 6.07) is 13.1. The van der Waals surface area contributed by atoms with Gasteiger partial charge in [-0.05, 0) is 42.8 Å². The van der Waals surface area contributed by atoms with E-state index in [9.17, 15) is 13.2 Å². The summed E-state index contributed by atoms with van der Waals surface area (Å²) in [5, 5.41) is 17.6. The van der Waals surface area contributed by atoms with Gasteiger partial charge in [-0.3, -0.25) is 4.79 Å². The second kappa shape index (κ2) is 10.6. The maximum atomic E-state index is 12.9. The Morgan fingerprint density at radius 1 is 1.12 bits per heavy atom. The van der Waals surface area contributed by atoms with Crippen LogP contribution in [0, 0.1) is 29.6 Å². The van der Waals surface area contributed by atoms with E-state index >= 15 is 0 Å². The summed E-state index contributed by atoms with van der Waals surface area (Å²) in [6.07, 6.45) is 0.0209. The van der Waals surface area contributed by atoms with Gasteiger partial charge in [0.15, 0.2) is 4.80 Å². The number of nitriles is 2. The predicted octanol–water partition coefficient (Wildman–Crippen LogP) is 3.12. The summed E-state index contributed by atoms with van der Waals surface area (Å²) in [5.74, 6) is 0.175. The summed E-state index contributed by atoms with van der Waals surface area (Å²) in [4.78, 5) is 17.5. The molecule has 0 unspecified atom stereocenters. The average molecular weight is 498 g/mol. The number of ether oxygens (including phenoxy) is 1. The second-order valence-corrected chi connectivity index (χ2v) is 10.3. The van der Waals surface area contributed by atoms with E-state index in [1.54, 1.807) is 18.7 Å². The van der Waals surface area contributed by atoms with Crippen LogP contribution in [0.2, 0.25) is 0 Å². The van der Waals surface area contributed by atoms with Crippen LogP contribution in [0.25, 0.3) is 10.2 Å². The third kappa shape index (κ3) is 5.02. The van der Waals surface area contributed by atoms with Gasteiger partial charge in [0.1, 0.15) is 11.3 Å². The Hall–Kier alpha value is -3.51. The molecule has 0 saturated heterocycles. The number of carbonyl (C=O) groups is 1. The molecule has 3 rings (SSSR count). The molecule has 176 valence electrons. The maximum Gasteiger partial charge on any atom is 0.279 e. The van der Waals surface area contributed by atoms with Gasteiger partial charge >= 0.3 is 0 Å². The molecule has 0 radical (unpaired) electrons. The molecule has 0 aliphatic heterocycles. The van der Waals surface area contributed by atoms with Crippen LogP contribution in [0.5, 0.6) is 5.75 Å². The number of aromatic nitrogens is 1. The summed E-state index contributed by atoms with van der Waals surface area (Å²) in [6.45, 7) is 1.95.